The minimum absolute atomic E-state index is 0.00848. The number of halogens is 4. The average Bonchev–Trinajstić information content (AvgIpc) is 3.00. The molecule has 0 aromatic heterocycles. The predicted octanol–water partition coefficient (Wildman–Crippen LogP) is 2.65. The van der Waals surface area contributed by atoms with E-state index in [9.17, 15) is 22.4 Å². The van der Waals surface area contributed by atoms with E-state index in [1.807, 2.05) is 0 Å². The Balaban J connectivity index is 1.85. The van der Waals surface area contributed by atoms with Crippen molar-refractivity contribution in [2.75, 3.05) is 13.1 Å². The quantitative estimate of drug-likeness (QED) is 0.810. The minimum Gasteiger partial charge on any atom is -0.338 e. The summed E-state index contributed by atoms with van der Waals surface area (Å²) in [6, 6.07) is 2.80. The molecule has 1 amide bonds. The van der Waals surface area contributed by atoms with E-state index in [4.69, 9.17) is 5.73 Å². The van der Waals surface area contributed by atoms with Crippen LogP contribution in [0.3, 0.4) is 0 Å². The number of fused-ring (bicyclic) bond motifs is 1. The maximum absolute atomic E-state index is 14.0. The van der Waals surface area contributed by atoms with Crippen molar-refractivity contribution in [1.82, 2.24) is 4.90 Å². The molecule has 3 atom stereocenters. The Morgan fingerprint density at radius 1 is 1.23 bits per heavy atom. The van der Waals surface area contributed by atoms with Crippen LogP contribution in [-0.4, -0.2) is 29.9 Å². The molecular weight excluding hydrogens is 300 g/mol. The van der Waals surface area contributed by atoms with E-state index in [-0.39, 0.29) is 17.9 Å². The lowest BCUT2D eigenvalue weighted by Crippen LogP contribution is -2.34. The number of hydrogen-bond acceptors (Lipinski definition) is 2. The number of benzene rings is 1. The lowest BCUT2D eigenvalue weighted by atomic mass is 9.98. The van der Waals surface area contributed by atoms with Crippen LogP contribution in [-0.2, 0) is 6.18 Å². The molecule has 22 heavy (non-hydrogen) atoms. The second kappa shape index (κ2) is 5.22. The zero-order chi connectivity index (χ0) is 16.1. The van der Waals surface area contributed by atoms with Crippen LogP contribution in [0.1, 0.15) is 28.8 Å². The third-order valence-electron chi connectivity index (χ3n) is 4.73. The summed E-state index contributed by atoms with van der Waals surface area (Å²) in [7, 11) is 0. The van der Waals surface area contributed by atoms with E-state index in [1.165, 1.54) is 4.90 Å². The van der Waals surface area contributed by atoms with Gasteiger partial charge in [0.1, 0.15) is 5.82 Å². The van der Waals surface area contributed by atoms with Crippen LogP contribution in [0.2, 0.25) is 0 Å². The molecule has 2 N–H and O–H groups in total. The van der Waals surface area contributed by atoms with Crippen LogP contribution in [0.25, 0.3) is 0 Å². The Morgan fingerprint density at radius 2 is 1.95 bits per heavy atom. The first kappa shape index (κ1) is 15.3. The highest BCUT2D eigenvalue weighted by Gasteiger charge is 2.43. The van der Waals surface area contributed by atoms with Gasteiger partial charge >= 0.3 is 6.18 Å². The molecule has 0 spiro atoms. The van der Waals surface area contributed by atoms with Gasteiger partial charge in [0.2, 0.25) is 0 Å². The van der Waals surface area contributed by atoms with E-state index in [0.29, 0.717) is 19.2 Å². The summed E-state index contributed by atoms with van der Waals surface area (Å²) < 4.78 is 52.2. The summed E-state index contributed by atoms with van der Waals surface area (Å²) >= 11 is 0. The molecule has 0 bridgehead atoms. The summed E-state index contributed by atoms with van der Waals surface area (Å²) in [5.41, 5.74) is 4.04. The van der Waals surface area contributed by atoms with Crippen LogP contribution in [0.15, 0.2) is 18.2 Å². The Hall–Kier alpha value is -1.63. The summed E-state index contributed by atoms with van der Waals surface area (Å²) in [4.78, 5) is 13.8. The number of nitrogens with zero attached hydrogens (tertiary/aromatic N) is 1. The van der Waals surface area contributed by atoms with Gasteiger partial charge in [-0.05, 0) is 36.8 Å². The Morgan fingerprint density at radius 3 is 2.59 bits per heavy atom. The fraction of sp³-hybridized carbons (Fsp3) is 0.533. The molecular formula is C15H16F4N2O. The SMILES string of the molecule is NC1CCC2CN(C(=O)c3cccc(C(F)(F)F)c3F)CC12. The molecule has 1 aliphatic heterocycles. The number of rotatable bonds is 1. The highest BCUT2D eigenvalue weighted by atomic mass is 19.4. The largest absolute Gasteiger partial charge is 0.419 e. The van der Waals surface area contributed by atoms with Gasteiger partial charge in [-0.1, -0.05) is 6.07 Å². The van der Waals surface area contributed by atoms with E-state index in [0.717, 1.165) is 25.0 Å². The van der Waals surface area contributed by atoms with Crippen molar-refractivity contribution in [2.24, 2.45) is 17.6 Å². The molecule has 2 aliphatic rings. The summed E-state index contributed by atoms with van der Waals surface area (Å²) in [5.74, 6) is -1.75. The number of carbonyl (C=O) groups is 1. The summed E-state index contributed by atoms with van der Waals surface area (Å²) in [6.45, 7) is 0.827. The third kappa shape index (κ3) is 2.47. The van der Waals surface area contributed by atoms with Crippen molar-refractivity contribution in [2.45, 2.75) is 25.1 Å². The molecule has 3 rings (SSSR count). The standard InChI is InChI=1S/C15H16F4N2O/c16-13-9(2-1-3-11(13)15(17,18)19)14(22)21-6-8-4-5-12(20)10(8)7-21/h1-3,8,10,12H,4-7,20H2. The fourth-order valence-corrected chi connectivity index (χ4v) is 3.56. The van der Waals surface area contributed by atoms with Gasteiger partial charge in [0, 0.05) is 19.1 Å². The second-order valence-corrected chi connectivity index (χ2v) is 6.04. The van der Waals surface area contributed by atoms with Crippen LogP contribution < -0.4 is 5.73 Å². The molecule has 3 unspecified atom stereocenters. The first-order valence-corrected chi connectivity index (χ1v) is 7.19. The van der Waals surface area contributed by atoms with Crippen LogP contribution in [0, 0.1) is 17.7 Å². The van der Waals surface area contributed by atoms with Crippen molar-refractivity contribution in [1.29, 1.82) is 0 Å². The van der Waals surface area contributed by atoms with Crippen LogP contribution in [0.5, 0.6) is 0 Å². The number of nitrogens with two attached hydrogens (primary N) is 1. The predicted molar refractivity (Wildman–Crippen MR) is 71.5 cm³/mol. The number of carbonyl (C=O) groups excluding carboxylic acids is 1. The Labute approximate surface area is 125 Å². The van der Waals surface area contributed by atoms with Crippen molar-refractivity contribution < 1.29 is 22.4 Å². The zero-order valence-corrected chi connectivity index (χ0v) is 11.7. The Bertz CT molecular complexity index is 602. The van der Waals surface area contributed by atoms with Gasteiger partial charge in [-0.2, -0.15) is 13.2 Å². The molecule has 1 aliphatic carbocycles. The zero-order valence-electron chi connectivity index (χ0n) is 11.7. The van der Waals surface area contributed by atoms with Crippen molar-refractivity contribution in [3.8, 4) is 0 Å². The molecule has 2 fully saturated rings. The fourth-order valence-electron chi connectivity index (χ4n) is 3.56. The van der Waals surface area contributed by atoms with Gasteiger partial charge in [0.05, 0.1) is 11.1 Å². The molecule has 0 radical (unpaired) electrons. The topological polar surface area (TPSA) is 46.3 Å². The van der Waals surface area contributed by atoms with Crippen molar-refractivity contribution >= 4 is 5.91 Å². The van der Waals surface area contributed by atoms with Gasteiger partial charge in [0.25, 0.3) is 5.91 Å². The first-order valence-electron chi connectivity index (χ1n) is 7.19. The molecule has 1 saturated carbocycles. The smallest absolute Gasteiger partial charge is 0.338 e. The monoisotopic (exact) mass is 316 g/mol. The molecule has 1 aromatic rings. The van der Waals surface area contributed by atoms with Crippen LogP contribution >= 0.6 is 0 Å². The van der Waals surface area contributed by atoms with Crippen molar-refractivity contribution in [3.63, 3.8) is 0 Å². The maximum Gasteiger partial charge on any atom is 0.419 e. The summed E-state index contributed by atoms with van der Waals surface area (Å²) in [5, 5.41) is 0. The van der Waals surface area contributed by atoms with Crippen molar-refractivity contribution in [3.05, 3.63) is 35.1 Å². The molecule has 3 nitrogen and oxygen atoms in total. The van der Waals surface area contributed by atoms with Gasteiger partial charge < -0.3 is 10.6 Å². The number of hydrogen-bond donors (Lipinski definition) is 1. The van der Waals surface area contributed by atoms with Gasteiger partial charge in [-0.15, -0.1) is 0 Å². The van der Waals surface area contributed by atoms with Crippen LogP contribution in [0.4, 0.5) is 17.6 Å². The van der Waals surface area contributed by atoms with Gasteiger partial charge in [0.15, 0.2) is 0 Å². The van der Waals surface area contributed by atoms with E-state index in [1.54, 1.807) is 0 Å². The minimum atomic E-state index is -4.82. The maximum atomic E-state index is 14.0. The second-order valence-electron chi connectivity index (χ2n) is 6.04. The normalized spacial score (nSPS) is 28.0. The molecule has 1 heterocycles. The van der Waals surface area contributed by atoms with Gasteiger partial charge in [-0.25, -0.2) is 4.39 Å². The Kier molecular flexibility index (Phi) is 3.63. The number of alkyl halides is 3. The van der Waals surface area contributed by atoms with E-state index < -0.39 is 29.0 Å². The van der Waals surface area contributed by atoms with E-state index in [2.05, 4.69) is 0 Å². The molecule has 7 heteroatoms. The highest BCUT2D eigenvalue weighted by Crippen LogP contribution is 2.38. The third-order valence-corrected chi connectivity index (χ3v) is 4.73. The first-order chi connectivity index (χ1) is 10.3. The lowest BCUT2D eigenvalue weighted by molar-refractivity contribution is -0.140. The summed E-state index contributed by atoms with van der Waals surface area (Å²) in [6.07, 6.45) is -3.01. The van der Waals surface area contributed by atoms with Gasteiger partial charge in [-0.3, -0.25) is 4.79 Å². The molecule has 120 valence electrons. The molecule has 1 saturated heterocycles. The number of likely N-dealkylation sites (tertiary alicyclic amines) is 1. The van der Waals surface area contributed by atoms with E-state index >= 15 is 0 Å². The highest BCUT2D eigenvalue weighted by molar-refractivity contribution is 5.95. The number of amides is 1. The molecule has 1 aromatic carbocycles. The lowest BCUT2D eigenvalue weighted by Gasteiger charge is -2.20. The average molecular weight is 316 g/mol.